The summed E-state index contributed by atoms with van der Waals surface area (Å²) in [6.07, 6.45) is 9.34. The first-order chi connectivity index (χ1) is 33.0. The zero-order valence-electron chi connectivity index (χ0n) is 42.6. The van der Waals surface area contributed by atoms with E-state index in [4.69, 9.17) is 28.4 Å². The number of ether oxygens (including phenoxy) is 6. The van der Waals surface area contributed by atoms with E-state index in [1.807, 2.05) is 32.9 Å². The molecule has 1 aliphatic carbocycles. The van der Waals surface area contributed by atoms with Crippen molar-refractivity contribution in [3.05, 3.63) is 66.4 Å². The molecule has 2 N–H and O–H groups in total. The SMILES string of the molecule is C=CCC1/C=C(\C)C(O)C(C)CC(OC)C2OC(O)(C(=O)C(=O)N3CCCCC3C(=O)OC(C(C)=CC3CCC(Oc4ccc5c(ccn5CCC)c4)C(OC)C3)C(C)CCC1=O)C(C)CC2OC. The van der Waals surface area contributed by atoms with Gasteiger partial charge < -0.3 is 48.1 Å². The number of methoxy groups -OCH3 is 3. The van der Waals surface area contributed by atoms with Crippen molar-refractivity contribution in [2.24, 2.45) is 29.6 Å². The first-order valence-electron chi connectivity index (χ1n) is 25.5. The minimum atomic E-state index is -2.55. The molecule has 0 spiro atoms. The zero-order chi connectivity index (χ0) is 50.2. The highest BCUT2D eigenvalue weighted by atomic mass is 16.7. The lowest BCUT2D eigenvalue weighted by molar-refractivity contribution is -0.302. The number of allylic oxidation sites excluding steroid dienone is 3. The first-order valence-corrected chi connectivity index (χ1v) is 25.5. The van der Waals surface area contributed by atoms with Crippen molar-refractivity contribution in [2.45, 2.75) is 180 Å². The molecule has 2 saturated heterocycles. The summed E-state index contributed by atoms with van der Waals surface area (Å²) in [6.45, 7) is 16.3. The summed E-state index contributed by atoms with van der Waals surface area (Å²) < 4.78 is 39.4. The second-order valence-electron chi connectivity index (χ2n) is 20.5. The number of aromatic nitrogens is 1. The normalized spacial score (nSPS) is 35.9. The van der Waals surface area contributed by atoms with E-state index in [2.05, 4.69) is 48.5 Å². The number of piperidine rings is 1. The van der Waals surface area contributed by atoms with Crippen LogP contribution in [0, 0.1) is 29.6 Å². The van der Waals surface area contributed by atoms with E-state index < -0.39 is 77.8 Å². The van der Waals surface area contributed by atoms with Gasteiger partial charge in [-0.25, -0.2) is 4.79 Å². The smallest absolute Gasteiger partial charge is 0.329 e. The van der Waals surface area contributed by atoms with E-state index in [-0.39, 0.29) is 62.1 Å². The number of esters is 1. The van der Waals surface area contributed by atoms with Crippen molar-refractivity contribution in [3.8, 4) is 5.75 Å². The van der Waals surface area contributed by atoms with Crippen LogP contribution in [0.4, 0.5) is 0 Å². The van der Waals surface area contributed by atoms with Crippen LogP contribution in [0.5, 0.6) is 5.75 Å². The Morgan fingerprint density at radius 1 is 0.913 bits per heavy atom. The fraction of sp³-hybridized carbons (Fsp3) is 0.673. The van der Waals surface area contributed by atoms with Crippen molar-refractivity contribution < 1.29 is 57.8 Å². The molecule has 382 valence electrons. The van der Waals surface area contributed by atoms with Gasteiger partial charge in [0.2, 0.25) is 5.79 Å². The molecule has 14 unspecified atom stereocenters. The molecule has 1 amide bonds. The number of cyclic esters (lactones) is 1. The Bertz CT molecular complexity index is 2160. The van der Waals surface area contributed by atoms with Gasteiger partial charge in [0.25, 0.3) is 11.7 Å². The second kappa shape index (κ2) is 24.3. The highest BCUT2D eigenvalue weighted by Gasteiger charge is 2.56. The third-order valence-corrected chi connectivity index (χ3v) is 15.5. The van der Waals surface area contributed by atoms with Crippen LogP contribution in [-0.4, -0.2) is 126 Å². The van der Waals surface area contributed by atoms with E-state index in [1.165, 1.54) is 24.6 Å². The fourth-order valence-corrected chi connectivity index (χ4v) is 11.3. The highest BCUT2D eigenvalue weighted by molar-refractivity contribution is 6.39. The fourth-order valence-electron chi connectivity index (χ4n) is 11.3. The molecule has 2 aromatic rings. The summed E-state index contributed by atoms with van der Waals surface area (Å²) in [4.78, 5) is 58.8. The maximum atomic E-state index is 14.6. The highest BCUT2D eigenvalue weighted by Crippen LogP contribution is 2.40. The minimum absolute atomic E-state index is 0.0261. The number of carbonyl (C=O) groups excluding carboxylic acids is 4. The van der Waals surface area contributed by atoms with Crippen LogP contribution in [-0.2, 0) is 49.4 Å². The number of carbonyl (C=O) groups is 4. The number of rotatable bonds is 11. The number of aliphatic hydroxyl groups is 2. The predicted octanol–water partition coefficient (Wildman–Crippen LogP) is 8.09. The number of fused-ring (bicyclic) bond motifs is 4. The van der Waals surface area contributed by atoms with Crippen LogP contribution in [0.2, 0.25) is 0 Å². The third-order valence-electron chi connectivity index (χ3n) is 15.5. The summed E-state index contributed by atoms with van der Waals surface area (Å²) in [6, 6.07) is 7.24. The van der Waals surface area contributed by atoms with Gasteiger partial charge in [-0.05, 0) is 138 Å². The molecule has 14 heteroatoms. The van der Waals surface area contributed by atoms with Crippen LogP contribution in [0.1, 0.15) is 119 Å². The van der Waals surface area contributed by atoms with Crippen molar-refractivity contribution in [3.63, 3.8) is 0 Å². The van der Waals surface area contributed by atoms with Crippen LogP contribution in [0.3, 0.4) is 0 Å². The van der Waals surface area contributed by atoms with E-state index in [0.717, 1.165) is 42.5 Å². The minimum Gasteiger partial charge on any atom is -0.488 e. The average molecular weight is 961 g/mol. The average Bonchev–Trinajstić information content (AvgIpc) is 3.75. The standard InChI is InChI=1S/C55H80N2O12/c1-11-15-40-28-34(4)49(59)35(5)29-47(65-9)51-48(66-10)30-37(7)55(63,69-51)52(60)53(61)57-25-14-13-16-43(57)54(62)68-50(33(3)17-21-44(40)58)36(6)27-38-18-22-45(46(31-38)64-8)67-41-19-20-42-39(32-41)23-26-56(42)24-12-2/h11,19-20,23,26-28,32-33,35,37-38,40,43,45-51,59,63H,1,12-18,21-22,24-25,29-31H2,2-10H3/b34-28+,36-27?. The summed E-state index contributed by atoms with van der Waals surface area (Å²) >= 11 is 0. The van der Waals surface area contributed by atoms with Gasteiger partial charge in [-0.1, -0.05) is 45.9 Å². The number of nitrogens with zero attached hydrogens (tertiary/aromatic N) is 2. The molecule has 14 atom stereocenters. The van der Waals surface area contributed by atoms with Crippen LogP contribution < -0.4 is 4.74 Å². The van der Waals surface area contributed by atoms with E-state index in [9.17, 15) is 29.4 Å². The van der Waals surface area contributed by atoms with E-state index in [0.29, 0.717) is 37.7 Å². The molecule has 14 nitrogen and oxygen atoms in total. The summed E-state index contributed by atoms with van der Waals surface area (Å²) in [5, 5.41) is 24.9. The molecule has 69 heavy (non-hydrogen) atoms. The lowest BCUT2D eigenvalue weighted by Crippen LogP contribution is -2.64. The number of hydrogen-bond acceptors (Lipinski definition) is 12. The molecule has 4 heterocycles. The number of aliphatic hydroxyl groups excluding tert-OH is 1. The van der Waals surface area contributed by atoms with Gasteiger partial charge in [0, 0.05) is 69.8 Å². The summed E-state index contributed by atoms with van der Waals surface area (Å²) in [5.74, 6) is -6.71. The molecular weight excluding hydrogens is 881 g/mol. The van der Waals surface area contributed by atoms with Crippen LogP contribution in [0.15, 0.2) is 66.4 Å². The van der Waals surface area contributed by atoms with Crippen molar-refractivity contribution in [2.75, 3.05) is 27.9 Å². The summed E-state index contributed by atoms with van der Waals surface area (Å²) in [5.41, 5.74) is 2.59. The lowest BCUT2D eigenvalue weighted by Gasteiger charge is -2.47. The Labute approximate surface area is 409 Å². The number of amides is 1. The van der Waals surface area contributed by atoms with Gasteiger partial charge in [0.1, 0.15) is 35.9 Å². The topological polar surface area (TPSA) is 172 Å². The van der Waals surface area contributed by atoms with Crippen LogP contribution in [0.25, 0.3) is 10.9 Å². The Kier molecular flexibility index (Phi) is 19.1. The quantitative estimate of drug-likeness (QED) is 0.126. The molecule has 0 radical (unpaired) electrons. The molecule has 2 bridgehead atoms. The summed E-state index contributed by atoms with van der Waals surface area (Å²) in [7, 11) is 4.69. The molecular formula is C55H80N2O12. The number of benzene rings is 1. The van der Waals surface area contributed by atoms with Gasteiger partial charge in [-0.2, -0.15) is 0 Å². The second-order valence-corrected chi connectivity index (χ2v) is 20.5. The predicted molar refractivity (Wildman–Crippen MR) is 263 cm³/mol. The van der Waals surface area contributed by atoms with Gasteiger partial charge >= 0.3 is 5.97 Å². The zero-order valence-corrected chi connectivity index (χ0v) is 42.6. The number of aryl methyl sites for hydroxylation is 1. The maximum Gasteiger partial charge on any atom is 0.329 e. The molecule has 3 fully saturated rings. The number of hydrogen-bond donors (Lipinski definition) is 2. The van der Waals surface area contributed by atoms with Gasteiger partial charge in [-0.3, -0.25) is 14.4 Å². The van der Waals surface area contributed by atoms with E-state index >= 15 is 0 Å². The van der Waals surface area contributed by atoms with Gasteiger partial charge in [-0.15, -0.1) is 6.58 Å². The lowest BCUT2D eigenvalue weighted by atomic mass is 9.81. The Balaban J connectivity index is 1.29. The largest absolute Gasteiger partial charge is 0.488 e. The van der Waals surface area contributed by atoms with Gasteiger partial charge in [0.05, 0.1) is 24.4 Å². The Hall–Kier alpha value is -4.18. The van der Waals surface area contributed by atoms with E-state index in [1.54, 1.807) is 27.0 Å². The Morgan fingerprint density at radius 3 is 2.33 bits per heavy atom. The molecule has 1 saturated carbocycles. The van der Waals surface area contributed by atoms with Gasteiger partial charge in [0.15, 0.2) is 0 Å². The van der Waals surface area contributed by atoms with Crippen molar-refractivity contribution in [1.82, 2.24) is 9.47 Å². The first kappa shape index (κ1) is 54.2. The third kappa shape index (κ3) is 12.5. The monoisotopic (exact) mass is 961 g/mol. The molecule has 1 aromatic heterocycles. The van der Waals surface area contributed by atoms with Crippen LogP contribution >= 0.6 is 0 Å². The number of ketones is 2. The Morgan fingerprint density at radius 2 is 1.64 bits per heavy atom. The molecule has 3 aliphatic heterocycles. The van der Waals surface area contributed by atoms with Crippen molar-refractivity contribution >= 4 is 34.3 Å². The number of Topliss-reactive ketones (excluding diaryl/α,β-unsaturated/α-hetero) is 2. The van der Waals surface area contributed by atoms with Crippen molar-refractivity contribution in [1.29, 1.82) is 0 Å². The maximum absolute atomic E-state index is 14.6. The molecule has 4 aliphatic rings. The molecule has 1 aromatic carbocycles. The molecule has 6 rings (SSSR count).